The number of rotatable bonds is 3. The van der Waals surface area contributed by atoms with Crippen LogP contribution in [0.2, 0.25) is 0 Å². The molecule has 0 spiro atoms. The maximum absolute atomic E-state index is 13.3. The maximum Gasteiger partial charge on any atom is 0.416 e. The van der Waals surface area contributed by atoms with Gasteiger partial charge in [-0.2, -0.15) is 13.2 Å². The molecule has 0 fully saturated rings. The van der Waals surface area contributed by atoms with Gasteiger partial charge >= 0.3 is 6.18 Å². The largest absolute Gasteiger partial charge is 0.416 e. The Hall–Kier alpha value is -1.40. The third kappa shape index (κ3) is 3.63. The van der Waals surface area contributed by atoms with E-state index in [0.717, 1.165) is 12.1 Å². The summed E-state index contributed by atoms with van der Waals surface area (Å²) in [7, 11) is 1.61. The molecule has 21 heavy (non-hydrogen) atoms. The van der Waals surface area contributed by atoms with E-state index in [-0.39, 0.29) is 0 Å². The van der Waals surface area contributed by atoms with E-state index in [1.54, 1.807) is 13.1 Å². The first-order chi connectivity index (χ1) is 9.82. The minimum absolute atomic E-state index is 0.401. The lowest BCUT2D eigenvalue weighted by Crippen LogP contribution is -2.19. The highest BCUT2D eigenvalue weighted by Crippen LogP contribution is 2.35. The van der Waals surface area contributed by atoms with E-state index in [1.807, 2.05) is 0 Å². The summed E-state index contributed by atoms with van der Waals surface area (Å²) >= 11 is 3.25. The van der Waals surface area contributed by atoms with Crippen molar-refractivity contribution in [3.05, 3.63) is 69.4 Å². The Morgan fingerprint density at radius 2 is 1.81 bits per heavy atom. The molecule has 1 N–H and O–H groups in total. The van der Waals surface area contributed by atoms with Crippen LogP contribution in [-0.2, 0) is 6.18 Å². The van der Waals surface area contributed by atoms with Gasteiger partial charge in [0.05, 0.1) is 11.6 Å². The van der Waals surface area contributed by atoms with Crippen LogP contribution in [0.15, 0.2) is 46.9 Å². The molecule has 2 aromatic rings. The Morgan fingerprint density at radius 3 is 2.38 bits per heavy atom. The SMILES string of the molecule is CNC(c1cccc(F)c1)c1cc(C(F)(F)F)ccc1Br. The molecule has 0 radical (unpaired) electrons. The van der Waals surface area contributed by atoms with Crippen molar-refractivity contribution in [2.24, 2.45) is 0 Å². The molecule has 0 bridgehead atoms. The summed E-state index contributed by atoms with van der Waals surface area (Å²) in [5.41, 5.74) is 0.216. The van der Waals surface area contributed by atoms with Crippen molar-refractivity contribution in [3.63, 3.8) is 0 Å². The molecule has 1 nitrogen and oxygen atoms in total. The lowest BCUT2D eigenvalue weighted by molar-refractivity contribution is -0.137. The Bertz CT molecular complexity index is 640. The molecular weight excluding hydrogens is 350 g/mol. The van der Waals surface area contributed by atoms with Gasteiger partial charge in [-0.05, 0) is 48.5 Å². The zero-order chi connectivity index (χ0) is 15.6. The normalized spacial score (nSPS) is 13.2. The highest BCUT2D eigenvalue weighted by molar-refractivity contribution is 9.10. The summed E-state index contributed by atoms with van der Waals surface area (Å²) in [5, 5.41) is 2.92. The summed E-state index contributed by atoms with van der Waals surface area (Å²) in [6.45, 7) is 0. The molecule has 0 aliphatic heterocycles. The molecule has 2 aromatic carbocycles. The van der Waals surface area contributed by atoms with Crippen molar-refractivity contribution in [3.8, 4) is 0 Å². The van der Waals surface area contributed by atoms with Crippen molar-refractivity contribution in [2.45, 2.75) is 12.2 Å². The van der Waals surface area contributed by atoms with Gasteiger partial charge in [0.2, 0.25) is 0 Å². The van der Waals surface area contributed by atoms with E-state index < -0.39 is 23.6 Å². The molecule has 0 saturated heterocycles. The van der Waals surface area contributed by atoms with Crippen LogP contribution in [0.3, 0.4) is 0 Å². The van der Waals surface area contributed by atoms with Crippen LogP contribution >= 0.6 is 15.9 Å². The molecule has 2 rings (SSSR count). The van der Waals surface area contributed by atoms with E-state index in [4.69, 9.17) is 0 Å². The Labute approximate surface area is 128 Å². The van der Waals surface area contributed by atoms with Gasteiger partial charge in [0.1, 0.15) is 5.82 Å². The highest BCUT2D eigenvalue weighted by Gasteiger charge is 2.31. The van der Waals surface area contributed by atoms with Crippen LogP contribution in [0.1, 0.15) is 22.7 Å². The molecule has 112 valence electrons. The Kier molecular flexibility index (Phi) is 4.68. The number of hydrogen-bond acceptors (Lipinski definition) is 1. The van der Waals surface area contributed by atoms with Crippen molar-refractivity contribution >= 4 is 15.9 Å². The number of nitrogens with one attached hydrogen (secondary N) is 1. The average Bonchev–Trinajstić information content (AvgIpc) is 2.40. The molecule has 0 aliphatic rings. The first kappa shape index (κ1) is 16.0. The van der Waals surface area contributed by atoms with Gasteiger partial charge in [-0.1, -0.05) is 28.1 Å². The van der Waals surface area contributed by atoms with Gasteiger partial charge in [-0.15, -0.1) is 0 Å². The van der Waals surface area contributed by atoms with Crippen molar-refractivity contribution in [1.82, 2.24) is 5.32 Å². The van der Waals surface area contributed by atoms with Crippen LogP contribution in [0, 0.1) is 5.82 Å². The molecule has 0 aromatic heterocycles. The maximum atomic E-state index is 13.3. The van der Waals surface area contributed by atoms with E-state index >= 15 is 0 Å². The van der Waals surface area contributed by atoms with Crippen LogP contribution < -0.4 is 5.32 Å². The average molecular weight is 362 g/mol. The molecule has 0 aliphatic carbocycles. The van der Waals surface area contributed by atoms with Crippen LogP contribution in [0.25, 0.3) is 0 Å². The van der Waals surface area contributed by atoms with E-state index in [0.29, 0.717) is 15.6 Å². The molecule has 1 unspecified atom stereocenters. The summed E-state index contributed by atoms with van der Waals surface area (Å²) < 4.78 is 52.4. The summed E-state index contributed by atoms with van der Waals surface area (Å²) in [6.07, 6.45) is -4.42. The van der Waals surface area contributed by atoms with Crippen molar-refractivity contribution in [1.29, 1.82) is 0 Å². The number of hydrogen-bond donors (Lipinski definition) is 1. The van der Waals surface area contributed by atoms with Gasteiger partial charge in [0.15, 0.2) is 0 Å². The van der Waals surface area contributed by atoms with Gasteiger partial charge < -0.3 is 5.32 Å². The second-order valence-electron chi connectivity index (χ2n) is 4.51. The third-order valence-electron chi connectivity index (χ3n) is 3.11. The quantitative estimate of drug-likeness (QED) is 0.765. The Balaban J connectivity index is 2.52. The van der Waals surface area contributed by atoms with Crippen molar-refractivity contribution < 1.29 is 17.6 Å². The number of halogens is 5. The zero-order valence-electron chi connectivity index (χ0n) is 11.0. The van der Waals surface area contributed by atoms with Gasteiger partial charge in [0, 0.05) is 4.47 Å². The first-order valence-corrected chi connectivity index (χ1v) is 6.91. The lowest BCUT2D eigenvalue weighted by atomic mass is 9.97. The molecule has 6 heteroatoms. The fourth-order valence-electron chi connectivity index (χ4n) is 2.13. The molecule has 0 saturated carbocycles. The summed E-state index contributed by atoms with van der Waals surface area (Å²) in [5.74, 6) is -0.434. The van der Waals surface area contributed by atoms with Crippen molar-refractivity contribution in [2.75, 3.05) is 7.05 Å². The monoisotopic (exact) mass is 361 g/mol. The van der Waals surface area contributed by atoms with Crippen LogP contribution in [-0.4, -0.2) is 7.05 Å². The predicted octanol–water partition coefficient (Wildman–Crippen LogP) is 4.92. The highest BCUT2D eigenvalue weighted by atomic mass is 79.9. The molecule has 0 amide bonds. The summed E-state index contributed by atoms with van der Waals surface area (Å²) in [4.78, 5) is 0. The third-order valence-corrected chi connectivity index (χ3v) is 3.83. The predicted molar refractivity (Wildman–Crippen MR) is 76.4 cm³/mol. The molecule has 1 atom stereocenters. The second-order valence-corrected chi connectivity index (χ2v) is 5.37. The van der Waals surface area contributed by atoms with Crippen LogP contribution in [0.4, 0.5) is 17.6 Å². The number of alkyl halides is 3. The first-order valence-electron chi connectivity index (χ1n) is 6.12. The van der Waals surface area contributed by atoms with Crippen LogP contribution in [0.5, 0.6) is 0 Å². The molecule has 0 heterocycles. The minimum atomic E-state index is -4.42. The fourth-order valence-corrected chi connectivity index (χ4v) is 2.60. The van der Waals surface area contributed by atoms with E-state index in [9.17, 15) is 17.6 Å². The fraction of sp³-hybridized carbons (Fsp3) is 0.200. The van der Waals surface area contributed by atoms with E-state index in [1.165, 1.54) is 24.3 Å². The number of benzene rings is 2. The van der Waals surface area contributed by atoms with Gasteiger partial charge in [-0.3, -0.25) is 0 Å². The standard InChI is InChI=1S/C15H12BrF4N/c1-21-14(9-3-2-4-11(17)7-9)12-8-10(15(18,19)20)5-6-13(12)16/h2-8,14,21H,1H3. The smallest absolute Gasteiger partial charge is 0.309 e. The zero-order valence-corrected chi connectivity index (χ0v) is 12.6. The second kappa shape index (κ2) is 6.15. The lowest BCUT2D eigenvalue weighted by Gasteiger charge is -2.20. The molecular formula is C15H12BrF4N. The van der Waals surface area contributed by atoms with E-state index in [2.05, 4.69) is 21.2 Å². The van der Waals surface area contributed by atoms with Gasteiger partial charge in [0.25, 0.3) is 0 Å². The topological polar surface area (TPSA) is 12.0 Å². The minimum Gasteiger partial charge on any atom is -0.309 e. The Morgan fingerprint density at radius 1 is 1.10 bits per heavy atom. The van der Waals surface area contributed by atoms with Gasteiger partial charge in [-0.25, -0.2) is 4.39 Å². The summed E-state index contributed by atoms with van der Waals surface area (Å²) in [6, 6.07) is 8.65.